The van der Waals surface area contributed by atoms with Gasteiger partial charge in [-0.2, -0.15) is 0 Å². The van der Waals surface area contributed by atoms with Crippen molar-refractivity contribution < 1.29 is 14.3 Å². The molecule has 1 unspecified atom stereocenters. The highest BCUT2D eigenvalue weighted by Gasteiger charge is 2.50. The summed E-state index contributed by atoms with van der Waals surface area (Å²) < 4.78 is 4.64. The van der Waals surface area contributed by atoms with Gasteiger partial charge in [0.25, 0.3) is 0 Å². The summed E-state index contributed by atoms with van der Waals surface area (Å²) in [7, 11) is 0. The van der Waals surface area contributed by atoms with Gasteiger partial charge in [-0.15, -0.1) is 0 Å². The number of hydrogen-bond acceptors (Lipinski definition) is 3. The van der Waals surface area contributed by atoms with Gasteiger partial charge in [-0.3, -0.25) is 0 Å². The van der Waals surface area contributed by atoms with Gasteiger partial charge in [0.1, 0.15) is 0 Å². The van der Waals surface area contributed by atoms with Crippen molar-refractivity contribution in [2.45, 2.75) is 25.8 Å². The van der Waals surface area contributed by atoms with Gasteiger partial charge in [0.05, 0.1) is 0 Å². The number of esters is 1. The van der Waals surface area contributed by atoms with Crippen LogP contribution < -0.4 is 5.32 Å². The summed E-state index contributed by atoms with van der Waals surface area (Å²) in [6, 6.07) is 9.21. The molecule has 0 saturated carbocycles. The SMILES string of the molecule is CC(C)CC1(c2ccccc2)NC(=O)OC1=O. The van der Waals surface area contributed by atoms with Crippen molar-refractivity contribution in [2.75, 3.05) is 0 Å². The maximum atomic E-state index is 11.9. The van der Waals surface area contributed by atoms with E-state index in [-0.39, 0.29) is 5.92 Å². The van der Waals surface area contributed by atoms with E-state index in [9.17, 15) is 9.59 Å². The smallest absolute Gasteiger partial charge is 0.374 e. The van der Waals surface area contributed by atoms with Gasteiger partial charge in [-0.1, -0.05) is 44.2 Å². The van der Waals surface area contributed by atoms with Crippen molar-refractivity contribution in [1.82, 2.24) is 5.32 Å². The molecule has 0 radical (unpaired) electrons. The summed E-state index contributed by atoms with van der Waals surface area (Å²) in [5.41, 5.74) is -0.253. The number of alkyl carbamates (subject to hydrolysis) is 1. The number of hydrogen-bond donors (Lipinski definition) is 1. The molecule has 1 atom stereocenters. The largest absolute Gasteiger partial charge is 0.416 e. The monoisotopic (exact) mass is 233 g/mol. The molecular weight excluding hydrogens is 218 g/mol. The highest BCUT2D eigenvalue weighted by atomic mass is 16.6. The lowest BCUT2D eigenvalue weighted by atomic mass is 9.83. The minimum atomic E-state index is -1.02. The fourth-order valence-electron chi connectivity index (χ4n) is 2.20. The quantitative estimate of drug-likeness (QED) is 0.643. The molecule has 1 heterocycles. The highest BCUT2D eigenvalue weighted by molar-refractivity contribution is 5.99. The van der Waals surface area contributed by atoms with Crippen LogP contribution >= 0.6 is 0 Å². The van der Waals surface area contributed by atoms with E-state index in [1.807, 2.05) is 44.2 Å². The van der Waals surface area contributed by atoms with Gasteiger partial charge in [0.2, 0.25) is 0 Å². The van der Waals surface area contributed by atoms with Crippen LogP contribution in [0.3, 0.4) is 0 Å². The molecule has 17 heavy (non-hydrogen) atoms. The van der Waals surface area contributed by atoms with Crippen LogP contribution in [0.5, 0.6) is 0 Å². The summed E-state index contributed by atoms with van der Waals surface area (Å²) in [6.07, 6.45) is -0.138. The van der Waals surface area contributed by atoms with E-state index in [1.54, 1.807) is 0 Å². The zero-order valence-electron chi connectivity index (χ0n) is 9.90. The van der Waals surface area contributed by atoms with Gasteiger partial charge >= 0.3 is 12.1 Å². The van der Waals surface area contributed by atoms with Gasteiger partial charge in [-0.05, 0) is 17.9 Å². The first-order chi connectivity index (χ1) is 8.04. The van der Waals surface area contributed by atoms with Crippen molar-refractivity contribution in [3.05, 3.63) is 35.9 Å². The van der Waals surface area contributed by atoms with Crippen molar-refractivity contribution >= 4 is 12.1 Å². The second kappa shape index (κ2) is 4.20. The lowest BCUT2D eigenvalue weighted by Crippen LogP contribution is -2.44. The zero-order valence-corrected chi connectivity index (χ0v) is 9.90. The molecule has 1 fully saturated rings. The normalized spacial score (nSPS) is 23.7. The van der Waals surface area contributed by atoms with E-state index < -0.39 is 17.6 Å². The van der Waals surface area contributed by atoms with E-state index in [2.05, 4.69) is 10.1 Å². The molecule has 1 aliphatic rings. The molecule has 1 aromatic carbocycles. The fraction of sp³-hybridized carbons (Fsp3) is 0.385. The Balaban J connectivity index is 2.45. The predicted molar refractivity (Wildman–Crippen MR) is 62.2 cm³/mol. The number of nitrogens with one attached hydrogen (secondary N) is 1. The van der Waals surface area contributed by atoms with E-state index in [0.717, 1.165) is 5.56 Å². The van der Waals surface area contributed by atoms with Crippen LogP contribution in [0.4, 0.5) is 4.79 Å². The number of amides is 1. The Morgan fingerprint density at radius 3 is 2.35 bits per heavy atom. The number of carbonyl (C=O) groups excluding carboxylic acids is 2. The standard InChI is InChI=1S/C13H15NO3/c1-9(2)8-13(10-6-4-3-5-7-10)11(15)17-12(16)14-13/h3-7,9H,8H2,1-2H3,(H,14,16). The molecule has 90 valence electrons. The second-order valence-corrected chi connectivity index (χ2v) is 4.67. The molecule has 1 aliphatic heterocycles. The third-order valence-corrected chi connectivity index (χ3v) is 2.83. The highest BCUT2D eigenvalue weighted by Crippen LogP contribution is 2.33. The van der Waals surface area contributed by atoms with E-state index in [4.69, 9.17) is 0 Å². The maximum absolute atomic E-state index is 11.9. The number of cyclic esters (lactones) is 2. The molecule has 1 aromatic rings. The van der Waals surface area contributed by atoms with Gasteiger partial charge in [-0.25, -0.2) is 9.59 Å². The number of rotatable bonds is 3. The van der Waals surface area contributed by atoms with E-state index >= 15 is 0 Å². The van der Waals surface area contributed by atoms with Crippen molar-refractivity contribution in [3.63, 3.8) is 0 Å². The van der Waals surface area contributed by atoms with Crippen molar-refractivity contribution in [1.29, 1.82) is 0 Å². The van der Waals surface area contributed by atoms with Crippen molar-refractivity contribution in [2.24, 2.45) is 5.92 Å². The molecule has 1 amide bonds. The minimum Gasteiger partial charge on any atom is -0.374 e. The molecular formula is C13H15NO3. The van der Waals surface area contributed by atoms with Crippen LogP contribution in [-0.4, -0.2) is 12.1 Å². The third-order valence-electron chi connectivity index (χ3n) is 2.83. The Morgan fingerprint density at radius 1 is 1.24 bits per heavy atom. The number of benzene rings is 1. The third kappa shape index (κ3) is 2.02. The Kier molecular flexibility index (Phi) is 2.88. The number of carbonyl (C=O) groups is 2. The van der Waals surface area contributed by atoms with Crippen LogP contribution in [0, 0.1) is 5.92 Å². The van der Waals surface area contributed by atoms with Gasteiger partial charge in [0.15, 0.2) is 5.54 Å². The zero-order chi connectivity index (χ0) is 12.5. The first-order valence-corrected chi connectivity index (χ1v) is 5.64. The lowest BCUT2D eigenvalue weighted by molar-refractivity contribution is -0.140. The van der Waals surface area contributed by atoms with Crippen molar-refractivity contribution in [3.8, 4) is 0 Å². The first kappa shape index (κ1) is 11.6. The van der Waals surface area contributed by atoms with Crippen LogP contribution in [0.1, 0.15) is 25.8 Å². The summed E-state index contributed by atoms with van der Waals surface area (Å²) in [4.78, 5) is 23.2. The molecule has 1 N–H and O–H groups in total. The Hall–Kier alpha value is -1.84. The molecule has 0 bridgehead atoms. The van der Waals surface area contributed by atoms with Crippen LogP contribution in [0.25, 0.3) is 0 Å². The minimum absolute atomic E-state index is 0.265. The molecule has 0 spiro atoms. The van der Waals surface area contributed by atoms with Crippen LogP contribution in [0.15, 0.2) is 30.3 Å². The molecule has 1 saturated heterocycles. The topological polar surface area (TPSA) is 55.4 Å². The van der Waals surface area contributed by atoms with E-state index in [0.29, 0.717) is 6.42 Å². The summed E-state index contributed by atoms with van der Waals surface area (Å²) >= 11 is 0. The average molecular weight is 233 g/mol. The Bertz CT molecular complexity index is 441. The van der Waals surface area contributed by atoms with Gasteiger partial charge in [0, 0.05) is 0 Å². The average Bonchev–Trinajstić information content (AvgIpc) is 2.55. The van der Waals surface area contributed by atoms with Gasteiger partial charge < -0.3 is 10.1 Å². The Morgan fingerprint density at radius 2 is 1.88 bits per heavy atom. The summed E-state index contributed by atoms with van der Waals surface area (Å²) in [5.74, 6) is -0.247. The number of ether oxygens (including phenoxy) is 1. The molecule has 2 rings (SSSR count). The molecule has 4 nitrogen and oxygen atoms in total. The van der Waals surface area contributed by atoms with Crippen LogP contribution in [-0.2, 0) is 15.1 Å². The lowest BCUT2D eigenvalue weighted by Gasteiger charge is -2.26. The maximum Gasteiger partial charge on any atom is 0.416 e. The summed E-state index contributed by atoms with van der Waals surface area (Å²) in [6.45, 7) is 4.00. The fourth-order valence-corrected chi connectivity index (χ4v) is 2.20. The molecule has 0 aliphatic carbocycles. The first-order valence-electron chi connectivity index (χ1n) is 5.64. The predicted octanol–water partition coefficient (Wildman–Crippen LogP) is 2.19. The molecule has 4 heteroatoms. The van der Waals surface area contributed by atoms with Crippen LogP contribution in [0.2, 0.25) is 0 Å². The summed E-state index contributed by atoms with van der Waals surface area (Å²) in [5, 5.41) is 2.65. The van der Waals surface area contributed by atoms with E-state index in [1.165, 1.54) is 0 Å². The molecule has 0 aromatic heterocycles. The second-order valence-electron chi connectivity index (χ2n) is 4.67. The Labute approximate surface area is 100.0 Å².